The Bertz CT molecular complexity index is 1010. The monoisotopic (exact) mass is 502 g/mol. The van der Waals surface area contributed by atoms with Crippen molar-refractivity contribution in [3.63, 3.8) is 0 Å². The highest BCUT2D eigenvalue weighted by atomic mass is 16.6. The summed E-state index contributed by atoms with van der Waals surface area (Å²) in [6.45, 7) is 9.09. The van der Waals surface area contributed by atoms with E-state index in [0.717, 1.165) is 37.3 Å². The number of hydrogen-bond donors (Lipinski definition) is 2. The van der Waals surface area contributed by atoms with Crippen molar-refractivity contribution in [3.05, 3.63) is 46.6 Å². The van der Waals surface area contributed by atoms with Gasteiger partial charge in [-0.1, -0.05) is 34.9 Å². The molecule has 0 aromatic carbocycles. The van der Waals surface area contributed by atoms with E-state index < -0.39 is 54.5 Å². The van der Waals surface area contributed by atoms with Gasteiger partial charge in [0.2, 0.25) is 0 Å². The molecule has 2 N–H and O–H groups in total. The molecule has 8 nitrogen and oxygen atoms in total. The SMILES string of the molecule is CC(C)=CCC/C(C)=C/CC/C(C)=C/C[C@@]12O[C@@H]1C(=O)C(COC(=O)CC(C)(O)CC(=O)O)=CC2=O. The third kappa shape index (κ3) is 8.68. The maximum atomic E-state index is 12.7. The molecule has 0 amide bonds. The average Bonchev–Trinajstić information content (AvgIpc) is 3.49. The summed E-state index contributed by atoms with van der Waals surface area (Å²) in [4.78, 5) is 48.1. The molecule has 0 aromatic heterocycles. The molecule has 2 rings (SSSR count). The zero-order valence-electron chi connectivity index (χ0n) is 21.9. The minimum atomic E-state index is -1.78. The van der Waals surface area contributed by atoms with Crippen molar-refractivity contribution in [1.82, 2.24) is 0 Å². The number of esters is 1. The van der Waals surface area contributed by atoms with Crippen molar-refractivity contribution in [3.8, 4) is 0 Å². The van der Waals surface area contributed by atoms with E-state index in [-0.39, 0.29) is 11.4 Å². The second-order valence-electron chi connectivity index (χ2n) is 10.4. The molecule has 0 aromatic rings. The zero-order chi connectivity index (χ0) is 27.1. The first kappa shape index (κ1) is 29.4. The number of aliphatic carboxylic acids is 1. The number of ether oxygens (including phenoxy) is 2. The normalized spacial score (nSPS) is 23.4. The van der Waals surface area contributed by atoms with Gasteiger partial charge in [0, 0.05) is 12.0 Å². The molecule has 3 atom stereocenters. The maximum absolute atomic E-state index is 12.7. The number of aliphatic hydroxyl groups is 1. The molecule has 2 aliphatic rings. The van der Waals surface area contributed by atoms with Crippen LogP contribution in [-0.4, -0.2) is 57.6 Å². The highest BCUT2D eigenvalue weighted by Gasteiger charge is 2.66. The van der Waals surface area contributed by atoms with E-state index in [1.165, 1.54) is 18.1 Å². The highest BCUT2D eigenvalue weighted by Crippen LogP contribution is 2.46. The molecule has 0 spiro atoms. The van der Waals surface area contributed by atoms with E-state index in [0.29, 0.717) is 6.42 Å². The molecule has 0 bridgehead atoms. The third-order valence-electron chi connectivity index (χ3n) is 6.29. The van der Waals surface area contributed by atoms with Crippen molar-refractivity contribution in [2.45, 2.75) is 96.9 Å². The number of carbonyl (C=O) groups is 4. The smallest absolute Gasteiger partial charge is 0.309 e. The first-order valence-corrected chi connectivity index (χ1v) is 12.3. The van der Waals surface area contributed by atoms with Crippen molar-refractivity contribution in [2.24, 2.45) is 0 Å². The van der Waals surface area contributed by atoms with E-state index >= 15 is 0 Å². The summed E-state index contributed by atoms with van der Waals surface area (Å²) in [7, 11) is 0. The summed E-state index contributed by atoms with van der Waals surface area (Å²) < 4.78 is 10.6. The van der Waals surface area contributed by atoms with Gasteiger partial charge in [0.1, 0.15) is 6.61 Å². The summed E-state index contributed by atoms with van der Waals surface area (Å²) in [5, 5.41) is 18.7. The molecule has 1 aliphatic heterocycles. The Balaban J connectivity index is 1.86. The predicted molar refractivity (Wildman–Crippen MR) is 134 cm³/mol. The van der Waals surface area contributed by atoms with Gasteiger partial charge in [0.05, 0.1) is 18.4 Å². The summed E-state index contributed by atoms with van der Waals surface area (Å²) in [5.41, 5.74) is 0.863. The zero-order valence-corrected chi connectivity index (χ0v) is 21.9. The molecule has 198 valence electrons. The maximum Gasteiger partial charge on any atom is 0.309 e. The molecule has 0 saturated carbocycles. The Labute approximate surface area is 212 Å². The van der Waals surface area contributed by atoms with Gasteiger partial charge >= 0.3 is 11.9 Å². The minimum Gasteiger partial charge on any atom is -0.481 e. The molecular weight excluding hydrogens is 464 g/mol. The van der Waals surface area contributed by atoms with Crippen LogP contribution in [0.15, 0.2) is 46.6 Å². The number of fused-ring (bicyclic) bond motifs is 1. The van der Waals surface area contributed by atoms with E-state index in [4.69, 9.17) is 14.6 Å². The molecule has 1 fully saturated rings. The van der Waals surface area contributed by atoms with Crippen LogP contribution in [0.3, 0.4) is 0 Å². The van der Waals surface area contributed by atoms with Crippen molar-refractivity contribution >= 4 is 23.5 Å². The molecular formula is C28H38O8. The van der Waals surface area contributed by atoms with Crippen molar-refractivity contribution in [2.75, 3.05) is 6.61 Å². The van der Waals surface area contributed by atoms with E-state index in [1.54, 1.807) is 0 Å². The number of carboxylic acid groups (broad SMARTS) is 1. The van der Waals surface area contributed by atoms with Gasteiger partial charge in [0.25, 0.3) is 0 Å². The van der Waals surface area contributed by atoms with Crippen LogP contribution in [0.2, 0.25) is 0 Å². The summed E-state index contributed by atoms with van der Waals surface area (Å²) >= 11 is 0. The van der Waals surface area contributed by atoms with Crippen molar-refractivity contribution < 1.29 is 38.9 Å². The van der Waals surface area contributed by atoms with Gasteiger partial charge in [-0.05, 0) is 66.4 Å². The quantitative estimate of drug-likeness (QED) is 0.206. The predicted octanol–water partition coefficient (Wildman–Crippen LogP) is 4.17. The van der Waals surface area contributed by atoms with Gasteiger partial charge in [-0.3, -0.25) is 19.2 Å². The average molecular weight is 503 g/mol. The van der Waals surface area contributed by atoms with E-state index in [1.807, 2.05) is 13.0 Å². The van der Waals surface area contributed by atoms with Crippen LogP contribution in [0, 0.1) is 0 Å². The fourth-order valence-electron chi connectivity index (χ4n) is 4.09. The Morgan fingerprint density at radius 1 is 1.06 bits per heavy atom. The Morgan fingerprint density at radius 2 is 1.67 bits per heavy atom. The van der Waals surface area contributed by atoms with E-state index in [2.05, 4.69) is 32.9 Å². The lowest BCUT2D eigenvalue weighted by Crippen LogP contribution is -2.36. The van der Waals surface area contributed by atoms with Crippen LogP contribution in [0.5, 0.6) is 0 Å². The van der Waals surface area contributed by atoms with Crippen molar-refractivity contribution in [1.29, 1.82) is 0 Å². The number of epoxide rings is 1. The van der Waals surface area contributed by atoms with Gasteiger partial charge in [-0.2, -0.15) is 0 Å². The molecule has 8 heteroatoms. The van der Waals surface area contributed by atoms with Crippen LogP contribution in [0.4, 0.5) is 0 Å². The highest BCUT2D eigenvalue weighted by molar-refractivity contribution is 6.18. The number of hydrogen-bond acceptors (Lipinski definition) is 7. The Kier molecular flexibility index (Phi) is 10.1. The fourth-order valence-corrected chi connectivity index (χ4v) is 4.09. The summed E-state index contributed by atoms with van der Waals surface area (Å²) in [6.07, 6.45) is 9.65. The number of Topliss-reactive ketones (excluding diaryl/α,β-unsaturated/α-hetero) is 1. The van der Waals surface area contributed by atoms with Gasteiger partial charge < -0.3 is 19.7 Å². The van der Waals surface area contributed by atoms with Gasteiger partial charge in [-0.25, -0.2) is 0 Å². The lowest BCUT2D eigenvalue weighted by Gasteiger charge is -2.20. The van der Waals surface area contributed by atoms with Crippen LogP contribution >= 0.6 is 0 Å². The Hall–Kier alpha value is -2.84. The minimum absolute atomic E-state index is 0.0266. The number of carboxylic acids is 1. The molecule has 1 aliphatic carbocycles. The van der Waals surface area contributed by atoms with Crippen LogP contribution in [-0.2, 0) is 28.7 Å². The van der Waals surface area contributed by atoms with Crippen LogP contribution < -0.4 is 0 Å². The molecule has 1 saturated heterocycles. The fraction of sp³-hybridized carbons (Fsp3) is 0.571. The second-order valence-corrected chi connectivity index (χ2v) is 10.4. The van der Waals surface area contributed by atoms with Gasteiger partial charge in [0.15, 0.2) is 23.3 Å². The Morgan fingerprint density at radius 3 is 2.28 bits per heavy atom. The lowest BCUT2D eigenvalue weighted by molar-refractivity contribution is -0.151. The standard InChI is InChI=1S/C28H38O8/c1-18(2)8-6-9-19(3)10-7-11-20(4)12-13-28-22(29)14-21(25(33)26(28)36-28)17-35-24(32)16-27(5,34)15-23(30)31/h8,10,12,14,26,34H,6-7,9,11,13,15-17H2,1-5H3,(H,30,31)/b19-10+,20-12+/t26-,27?,28+/m1/s1. The van der Waals surface area contributed by atoms with Gasteiger partial charge in [-0.15, -0.1) is 0 Å². The number of allylic oxidation sites excluding steroid dienone is 5. The molecule has 36 heavy (non-hydrogen) atoms. The summed E-state index contributed by atoms with van der Waals surface area (Å²) in [5.74, 6) is -2.86. The first-order valence-electron chi connectivity index (χ1n) is 12.3. The molecule has 1 heterocycles. The largest absolute Gasteiger partial charge is 0.481 e. The number of ketones is 2. The summed E-state index contributed by atoms with van der Waals surface area (Å²) in [6, 6.07) is 0. The first-order chi connectivity index (χ1) is 16.8. The number of carbonyl (C=O) groups excluding carboxylic acids is 3. The van der Waals surface area contributed by atoms with Crippen LogP contribution in [0.25, 0.3) is 0 Å². The van der Waals surface area contributed by atoms with E-state index in [9.17, 15) is 24.3 Å². The third-order valence-corrected chi connectivity index (χ3v) is 6.29. The van der Waals surface area contributed by atoms with Crippen LogP contribution in [0.1, 0.15) is 79.6 Å². The molecule has 1 unspecified atom stereocenters. The second kappa shape index (κ2) is 12.4. The molecule has 0 radical (unpaired) electrons. The number of rotatable bonds is 14. The lowest BCUT2D eigenvalue weighted by atomic mass is 9.85. The topological polar surface area (TPSA) is 130 Å².